The molecule has 0 atom stereocenters. The summed E-state index contributed by atoms with van der Waals surface area (Å²) in [6, 6.07) is 5.53. The van der Waals surface area contributed by atoms with Crippen LogP contribution < -0.4 is 4.74 Å². The molecule has 1 rings (SSSR count). The number of carboxylic acid groups (broad SMARTS) is 1. The van der Waals surface area contributed by atoms with E-state index in [-0.39, 0.29) is 6.42 Å². The van der Waals surface area contributed by atoms with Gasteiger partial charge in [0.25, 0.3) is 0 Å². The molecule has 0 saturated carbocycles. The van der Waals surface area contributed by atoms with Gasteiger partial charge in [-0.2, -0.15) is 0 Å². The van der Waals surface area contributed by atoms with E-state index in [0.29, 0.717) is 6.42 Å². The molecule has 0 fully saturated rings. The third-order valence-corrected chi connectivity index (χ3v) is 2.63. The van der Waals surface area contributed by atoms with Crippen LogP contribution in [0.15, 0.2) is 22.7 Å². The highest BCUT2D eigenvalue weighted by Crippen LogP contribution is 2.23. The van der Waals surface area contributed by atoms with Crippen LogP contribution in [0.25, 0.3) is 0 Å². The van der Waals surface area contributed by atoms with Crippen molar-refractivity contribution in [2.24, 2.45) is 0 Å². The number of ether oxygens (including phenoxy) is 1. The van der Waals surface area contributed by atoms with E-state index in [1.54, 1.807) is 7.11 Å². The second-order valence-corrected chi connectivity index (χ2v) is 3.71. The first kappa shape index (κ1) is 11.0. The predicted molar refractivity (Wildman–Crippen MR) is 56.7 cm³/mol. The summed E-state index contributed by atoms with van der Waals surface area (Å²) in [7, 11) is 1.59. The summed E-state index contributed by atoms with van der Waals surface area (Å²) in [6.45, 7) is 0. The molecule has 0 heterocycles. The third-order valence-electron chi connectivity index (χ3n) is 1.86. The van der Waals surface area contributed by atoms with E-state index >= 15 is 0 Å². The lowest BCUT2D eigenvalue weighted by Gasteiger charge is -2.05. The molecule has 0 aliphatic heterocycles. The zero-order valence-electron chi connectivity index (χ0n) is 7.79. The first-order valence-corrected chi connectivity index (χ1v) is 4.97. The van der Waals surface area contributed by atoms with Gasteiger partial charge >= 0.3 is 5.97 Å². The molecule has 0 aliphatic rings. The van der Waals surface area contributed by atoms with Crippen LogP contribution in [-0.4, -0.2) is 18.2 Å². The Balaban J connectivity index is 2.78. The minimum atomic E-state index is -0.792. The molecule has 0 aliphatic carbocycles. The van der Waals surface area contributed by atoms with Crippen LogP contribution in [0.3, 0.4) is 0 Å². The Morgan fingerprint density at radius 2 is 2.29 bits per heavy atom. The van der Waals surface area contributed by atoms with Crippen molar-refractivity contribution >= 4 is 21.9 Å². The maximum Gasteiger partial charge on any atom is 0.303 e. The van der Waals surface area contributed by atoms with E-state index in [0.717, 1.165) is 15.8 Å². The highest BCUT2D eigenvalue weighted by Gasteiger charge is 2.04. The molecule has 0 bridgehead atoms. The zero-order valence-corrected chi connectivity index (χ0v) is 9.37. The second-order valence-electron chi connectivity index (χ2n) is 2.85. The molecule has 0 saturated heterocycles. The van der Waals surface area contributed by atoms with Crippen molar-refractivity contribution in [1.82, 2.24) is 0 Å². The SMILES string of the molecule is COc1ccc(Br)c(CCC(=O)O)c1. The van der Waals surface area contributed by atoms with Gasteiger partial charge in [-0.15, -0.1) is 0 Å². The topological polar surface area (TPSA) is 46.5 Å². The second kappa shape index (κ2) is 5.00. The first-order valence-electron chi connectivity index (χ1n) is 4.17. The molecule has 4 heteroatoms. The molecular weight excluding hydrogens is 248 g/mol. The number of aliphatic carboxylic acids is 1. The Bertz CT molecular complexity index is 336. The number of hydrogen-bond donors (Lipinski definition) is 1. The lowest BCUT2D eigenvalue weighted by atomic mass is 10.1. The van der Waals surface area contributed by atoms with Gasteiger partial charge in [0.2, 0.25) is 0 Å². The molecule has 0 radical (unpaired) electrons. The van der Waals surface area contributed by atoms with E-state index in [2.05, 4.69) is 15.9 Å². The van der Waals surface area contributed by atoms with Crippen LogP contribution in [0.2, 0.25) is 0 Å². The van der Waals surface area contributed by atoms with Crippen molar-refractivity contribution in [3.8, 4) is 5.75 Å². The molecule has 3 nitrogen and oxygen atoms in total. The summed E-state index contributed by atoms with van der Waals surface area (Å²) in [6.07, 6.45) is 0.638. The van der Waals surface area contributed by atoms with Gasteiger partial charge in [-0.3, -0.25) is 4.79 Å². The highest BCUT2D eigenvalue weighted by atomic mass is 79.9. The number of methoxy groups -OCH3 is 1. The number of aryl methyl sites for hydroxylation is 1. The van der Waals surface area contributed by atoms with E-state index in [4.69, 9.17) is 9.84 Å². The van der Waals surface area contributed by atoms with Gasteiger partial charge in [0.15, 0.2) is 0 Å². The Morgan fingerprint density at radius 1 is 1.57 bits per heavy atom. The lowest BCUT2D eigenvalue weighted by Crippen LogP contribution is -1.98. The Labute approximate surface area is 90.8 Å². The number of hydrogen-bond acceptors (Lipinski definition) is 2. The van der Waals surface area contributed by atoms with Crippen molar-refractivity contribution in [2.45, 2.75) is 12.8 Å². The first-order chi connectivity index (χ1) is 6.63. The van der Waals surface area contributed by atoms with Crippen LogP contribution in [0.4, 0.5) is 0 Å². The molecule has 0 amide bonds. The van der Waals surface area contributed by atoms with E-state index in [9.17, 15) is 4.79 Å². The molecular formula is C10H11BrO3. The fourth-order valence-corrected chi connectivity index (χ4v) is 1.56. The van der Waals surface area contributed by atoms with Crippen LogP contribution in [0.5, 0.6) is 5.75 Å². The van der Waals surface area contributed by atoms with Crippen LogP contribution in [0.1, 0.15) is 12.0 Å². The van der Waals surface area contributed by atoms with Gasteiger partial charge in [-0.1, -0.05) is 15.9 Å². The molecule has 0 aromatic heterocycles. The number of carbonyl (C=O) groups is 1. The average molecular weight is 259 g/mol. The average Bonchev–Trinajstić information content (AvgIpc) is 2.16. The summed E-state index contributed by atoms with van der Waals surface area (Å²) in [4.78, 5) is 10.4. The van der Waals surface area contributed by atoms with Gasteiger partial charge in [0.05, 0.1) is 7.11 Å². The maximum atomic E-state index is 10.4. The minimum Gasteiger partial charge on any atom is -0.497 e. The normalized spacial score (nSPS) is 9.86. The van der Waals surface area contributed by atoms with Gasteiger partial charge in [0.1, 0.15) is 5.75 Å². The molecule has 0 spiro atoms. The molecule has 0 unspecified atom stereocenters. The summed E-state index contributed by atoms with van der Waals surface area (Å²) in [5, 5.41) is 8.55. The Morgan fingerprint density at radius 3 is 2.86 bits per heavy atom. The zero-order chi connectivity index (χ0) is 10.6. The fourth-order valence-electron chi connectivity index (χ4n) is 1.11. The van der Waals surface area contributed by atoms with E-state index in [1.807, 2.05) is 18.2 Å². The van der Waals surface area contributed by atoms with E-state index in [1.165, 1.54) is 0 Å². The van der Waals surface area contributed by atoms with E-state index < -0.39 is 5.97 Å². The number of rotatable bonds is 4. The predicted octanol–water partition coefficient (Wildman–Crippen LogP) is 2.47. The molecule has 1 aromatic carbocycles. The van der Waals surface area contributed by atoms with Gasteiger partial charge < -0.3 is 9.84 Å². The standard InChI is InChI=1S/C10H11BrO3/c1-14-8-3-4-9(11)7(6-8)2-5-10(12)13/h3-4,6H,2,5H2,1H3,(H,12,13). The van der Waals surface area contributed by atoms with Crippen molar-refractivity contribution in [1.29, 1.82) is 0 Å². The highest BCUT2D eigenvalue weighted by molar-refractivity contribution is 9.10. The number of halogens is 1. The lowest BCUT2D eigenvalue weighted by molar-refractivity contribution is -0.136. The van der Waals surface area contributed by atoms with Gasteiger partial charge in [0, 0.05) is 10.9 Å². The molecule has 76 valence electrons. The number of benzene rings is 1. The third kappa shape index (κ3) is 3.03. The Kier molecular flexibility index (Phi) is 3.95. The maximum absolute atomic E-state index is 10.4. The quantitative estimate of drug-likeness (QED) is 0.903. The largest absolute Gasteiger partial charge is 0.497 e. The monoisotopic (exact) mass is 258 g/mol. The van der Waals surface area contributed by atoms with Crippen LogP contribution in [-0.2, 0) is 11.2 Å². The van der Waals surface area contributed by atoms with Crippen LogP contribution >= 0.6 is 15.9 Å². The van der Waals surface area contributed by atoms with Crippen molar-refractivity contribution < 1.29 is 14.6 Å². The summed E-state index contributed by atoms with van der Waals surface area (Å²) >= 11 is 3.36. The summed E-state index contributed by atoms with van der Waals surface area (Å²) in [5.41, 5.74) is 0.951. The fraction of sp³-hybridized carbons (Fsp3) is 0.300. The smallest absolute Gasteiger partial charge is 0.303 e. The minimum absolute atomic E-state index is 0.131. The molecule has 14 heavy (non-hydrogen) atoms. The molecule has 1 N–H and O–H groups in total. The molecule has 1 aromatic rings. The summed E-state index contributed by atoms with van der Waals surface area (Å²) < 4.78 is 5.96. The van der Waals surface area contributed by atoms with Crippen molar-refractivity contribution in [3.05, 3.63) is 28.2 Å². The van der Waals surface area contributed by atoms with Crippen molar-refractivity contribution in [3.63, 3.8) is 0 Å². The number of carboxylic acids is 1. The van der Waals surface area contributed by atoms with Gasteiger partial charge in [-0.05, 0) is 30.2 Å². The summed E-state index contributed by atoms with van der Waals surface area (Å²) in [5.74, 6) is -0.0479. The van der Waals surface area contributed by atoms with Crippen LogP contribution in [0, 0.1) is 0 Å². The Hall–Kier alpha value is -1.03. The van der Waals surface area contributed by atoms with Gasteiger partial charge in [-0.25, -0.2) is 0 Å². The van der Waals surface area contributed by atoms with Crippen molar-refractivity contribution in [2.75, 3.05) is 7.11 Å².